The normalized spacial score (nSPS) is 11.5. The van der Waals surface area contributed by atoms with E-state index in [0.29, 0.717) is 16.9 Å². The van der Waals surface area contributed by atoms with Crippen molar-refractivity contribution in [3.05, 3.63) is 54.1 Å². The van der Waals surface area contributed by atoms with Gasteiger partial charge in [-0.15, -0.1) is 10.2 Å². The van der Waals surface area contributed by atoms with Crippen molar-refractivity contribution in [3.63, 3.8) is 0 Å². The smallest absolute Gasteiger partial charge is 0.416 e. The average molecular weight is 320 g/mol. The fourth-order valence-electron chi connectivity index (χ4n) is 1.99. The Bertz CT molecular complexity index is 793. The van der Waals surface area contributed by atoms with Gasteiger partial charge in [0.2, 0.25) is 11.8 Å². The Morgan fingerprint density at radius 3 is 1.74 bits per heavy atom. The molecule has 0 aliphatic carbocycles. The topological polar surface area (TPSA) is 48.2 Å². The van der Waals surface area contributed by atoms with E-state index in [1.165, 1.54) is 12.1 Å². The highest BCUT2D eigenvalue weighted by molar-refractivity contribution is 5.58. The summed E-state index contributed by atoms with van der Waals surface area (Å²) in [5.41, 5.74) is 0.387. The molecule has 23 heavy (non-hydrogen) atoms. The summed E-state index contributed by atoms with van der Waals surface area (Å²) in [7, 11) is 1.56. The van der Waals surface area contributed by atoms with Crippen LogP contribution in [0.25, 0.3) is 22.9 Å². The van der Waals surface area contributed by atoms with Crippen molar-refractivity contribution in [2.45, 2.75) is 6.18 Å². The summed E-state index contributed by atoms with van der Waals surface area (Å²) in [6.07, 6.45) is -4.37. The molecule has 3 aromatic rings. The molecule has 0 amide bonds. The van der Waals surface area contributed by atoms with Gasteiger partial charge in [0.1, 0.15) is 5.75 Å². The molecule has 0 atom stereocenters. The maximum absolute atomic E-state index is 12.5. The summed E-state index contributed by atoms with van der Waals surface area (Å²) < 4.78 is 48.2. The van der Waals surface area contributed by atoms with Crippen LogP contribution in [0.15, 0.2) is 52.9 Å². The Balaban J connectivity index is 1.86. The van der Waals surface area contributed by atoms with Gasteiger partial charge in [-0.2, -0.15) is 13.2 Å². The summed E-state index contributed by atoms with van der Waals surface area (Å²) in [6, 6.07) is 11.6. The van der Waals surface area contributed by atoms with Crippen molar-refractivity contribution < 1.29 is 22.3 Å². The number of ether oxygens (including phenoxy) is 1. The molecular weight excluding hydrogens is 309 g/mol. The van der Waals surface area contributed by atoms with E-state index in [1.807, 2.05) is 0 Å². The van der Waals surface area contributed by atoms with E-state index in [9.17, 15) is 13.2 Å². The van der Waals surface area contributed by atoms with Gasteiger partial charge in [-0.1, -0.05) is 0 Å². The third-order valence-electron chi connectivity index (χ3n) is 3.22. The van der Waals surface area contributed by atoms with Crippen LogP contribution < -0.4 is 4.74 Å². The number of aromatic nitrogens is 2. The SMILES string of the molecule is COc1ccc(-c2nnc(-c3ccc(C(F)(F)F)cc3)o2)cc1. The van der Waals surface area contributed by atoms with Crippen molar-refractivity contribution in [1.82, 2.24) is 10.2 Å². The van der Waals surface area contributed by atoms with Crippen LogP contribution in [0.2, 0.25) is 0 Å². The van der Waals surface area contributed by atoms with Crippen molar-refractivity contribution >= 4 is 0 Å². The van der Waals surface area contributed by atoms with Crippen molar-refractivity contribution in [2.24, 2.45) is 0 Å². The Morgan fingerprint density at radius 1 is 0.826 bits per heavy atom. The molecule has 7 heteroatoms. The monoisotopic (exact) mass is 320 g/mol. The van der Waals surface area contributed by atoms with Crippen LogP contribution in [-0.4, -0.2) is 17.3 Å². The predicted octanol–water partition coefficient (Wildman–Crippen LogP) is 4.43. The molecule has 0 spiro atoms. The van der Waals surface area contributed by atoms with Gasteiger partial charge < -0.3 is 9.15 Å². The maximum Gasteiger partial charge on any atom is 0.416 e. The zero-order chi connectivity index (χ0) is 16.4. The minimum Gasteiger partial charge on any atom is -0.497 e. The van der Waals surface area contributed by atoms with E-state index >= 15 is 0 Å². The molecular formula is C16H11F3N2O2. The van der Waals surface area contributed by atoms with E-state index in [4.69, 9.17) is 9.15 Å². The summed E-state index contributed by atoms with van der Waals surface area (Å²) >= 11 is 0. The van der Waals surface area contributed by atoms with Gasteiger partial charge in [-0.3, -0.25) is 0 Å². The fourth-order valence-corrected chi connectivity index (χ4v) is 1.99. The lowest BCUT2D eigenvalue weighted by Gasteiger charge is -2.05. The second kappa shape index (κ2) is 5.75. The first-order valence-electron chi connectivity index (χ1n) is 6.63. The molecule has 118 valence electrons. The summed E-state index contributed by atoms with van der Waals surface area (Å²) in [6.45, 7) is 0. The van der Waals surface area contributed by atoms with Gasteiger partial charge in [-0.05, 0) is 48.5 Å². The lowest BCUT2D eigenvalue weighted by atomic mass is 10.1. The number of rotatable bonds is 3. The number of alkyl halides is 3. The molecule has 0 fully saturated rings. The van der Waals surface area contributed by atoms with Crippen LogP contribution in [0.3, 0.4) is 0 Å². The van der Waals surface area contributed by atoms with Gasteiger partial charge in [0.25, 0.3) is 0 Å². The van der Waals surface area contributed by atoms with Crippen molar-refractivity contribution in [2.75, 3.05) is 7.11 Å². The molecule has 1 aromatic heterocycles. The average Bonchev–Trinajstić information content (AvgIpc) is 3.04. The highest BCUT2D eigenvalue weighted by Crippen LogP contribution is 2.31. The molecule has 0 N–H and O–H groups in total. The molecule has 3 rings (SSSR count). The van der Waals surface area contributed by atoms with Crippen LogP contribution >= 0.6 is 0 Å². The third-order valence-corrected chi connectivity index (χ3v) is 3.22. The molecule has 0 unspecified atom stereocenters. The molecule has 0 aliphatic rings. The Hall–Kier alpha value is -2.83. The van der Waals surface area contributed by atoms with Crippen LogP contribution in [0, 0.1) is 0 Å². The Labute approximate surface area is 129 Å². The molecule has 2 aromatic carbocycles. The second-order valence-corrected chi connectivity index (χ2v) is 4.72. The fraction of sp³-hybridized carbons (Fsp3) is 0.125. The van der Waals surface area contributed by atoms with Gasteiger partial charge in [0, 0.05) is 11.1 Å². The van der Waals surface area contributed by atoms with Gasteiger partial charge >= 0.3 is 6.18 Å². The van der Waals surface area contributed by atoms with E-state index in [1.54, 1.807) is 31.4 Å². The van der Waals surface area contributed by atoms with E-state index < -0.39 is 11.7 Å². The van der Waals surface area contributed by atoms with E-state index in [-0.39, 0.29) is 11.8 Å². The highest BCUT2D eigenvalue weighted by Gasteiger charge is 2.30. The highest BCUT2D eigenvalue weighted by atomic mass is 19.4. The number of hydrogen-bond acceptors (Lipinski definition) is 4. The predicted molar refractivity (Wildman–Crippen MR) is 76.7 cm³/mol. The first-order chi connectivity index (χ1) is 11.0. The Kier molecular flexibility index (Phi) is 3.77. The minimum absolute atomic E-state index is 0.157. The second-order valence-electron chi connectivity index (χ2n) is 4.72. The largest absolute Gasteiger partial charge is 0.497 e. The lowest BCUT2D eigenvalue weighted by molar-refractivity contribution is -0.137. The number of halogens is 3. The zero-order valence-corrected chi connectivity index (χ0v) is 12.0. The number of hydrogen-bond donors (Lipinski definition) is 0. The Morgan fingerprint density at radius 2 is 1.30 bits per heavy atom. The van der Waals surface area contributed by atoms with Crippen LogP contribution in [0.4, 0.5) is 13.2 Å². The number of benzene rings is 2. The van der Waals surface area contributed by atoms with Gasteiger partial charge in [0.05, 0.1) is 12.7 Å². The van der Waals surface area contributed by atoms with Crippen LogP contribution in [0.1, 0.15) is 5.56 Å². The zero-order valence-electron chi connectivity index (χ0n) is 12.0. The quantitative estimate of drug-likeness (QED) is 0.716. The van der Waals surface area contributed by atoms with E-state index in [0.717, 1.165) is 12.1 Å². The van der Waals surface area contributed by atoms with Gasteiger partial charge in [0.15, 0.2) is 0 Å². The number of nitrogens with zero attached hydrogens (tertiary/aromatic N) is 2. The molecule has 0 bridgehead atoms. The summed E-state index contributed by atoms with van der Waals surface area (Å²) in [5.74, 6) is 1.13. The summed E-state index contributed by atoms with van der Waals surface area (Å²) in [4.78, 5) is 0. The molecule has 0 saturated heterocycles. The van der Waals surface area contributed by atoms with Crippen molar-refractivity contribution in [3.8, 4) is 28.7 Å². The molecule has 0 radical (unpaired) electrons. The molecule has 4 nitrogen and oxygen atoms in total. The van der Waals surface area contributed by atoms with Crippen molar-refractivity contribution in [1.29, 1.82) is 0 Å². The van der Waals surface area contributed by atoms with Gasteiger partial charge in [-0.25, -0.2) is 0 Å². The minimum atomic E-state index is -4.37. The van der Waals surface area contributed by atoms with E-state index in [2.05, 4.69) is 10.2 Å². The first-order valence-corrected chi connectivity index (χ1v) is 6.63. The standard InChI is InChI=1S/C16H11F3N2O2/c1-22-13-8-4-11(5-9-13)15-21-20-14(23-15)10-2-6-12(7-3-10)16(17,18)19/h2-9H,1H3. The van der Waals surface area contributed by atoms with Crippen LogP contribution in [-0.2, 0) is 6.18 Å². The maximum atomic E-state index is 12.5. The van der Waals surface area contributed by atoms with Crippen LogP contribution in [0.5, 0.6) is 5.75 Å². The molecule has 0 aliphatic heterocycles. The lowest BCUT2D eigenvalue weighted by Crippen LogP contribution is -2.03. The molecule has 1 heterocycles. The first kappa shape index (κ1) is 15.1. The molecule has 0 saturated carbocycles. The third kappa shape index (κ3) is 3.18. The number of methoxy groups -OCH3 is 1. The summed E-state index contributed by atoms with van der Waals surface area (Å²) in [5, 5.41) is 7.78.